The molecule has 21 heavy (non-hydrogen) atoms. The zero-order valence-corrected chi connectivity index (χ0v) is 13.8. The van der Waals surface area contributed by atoms with Crippen molar-refractivity contribution in [3.05, 3.63) is 27.7 Å². The molecule has 1 amide bonds. The Hall–Kier alpha value is -0.530. The molecule has 1 atom stereocenters. The molecule has 1 fully saturated rings. The van der Waals surface area contributed by atoms with Crippen molar-refractivity contribution in [2.45, 2.75) is 11.3 Å². The van der Waals surface area contributed by atoms with E-state index in [4.69, 9.17) is 38.6 Å². The molecule has 1 saturated heterocycles. The summed E-state index contributed by atoms with van der Waals surface area (Å²) in [5.41, 5.74) is -0.0256. The van der Waals surface area contributed by atoms with Crippen LogP contribution in [0.1, 0.15) is 16.8 Å². The second-order valence-corrected chi connectivity index (χ2v) is 8.00. The first-order chi connectivity index (χ1) is 9.79. The molecule has 0 saturated carbocycles. The first-order valence-corrected chi connectivity index (χ1v) is 9.15. The van der Waals surface area contributed by atoms with Crippen LogP contribution in [0.3, 0.4) is 0 Å². The molecule has 1 aromatic carbocycles. The van der Waals surface area contributed by atoms with Gasteiger partial charge >= 0.3 is 0 Å². The Bertz CT molecular complexity index is 657. The monoisotopic (exact) mass is 371 g/mol. The number of ether oxygens (including phenoxy) is 1. The first-order valence-electron chi connectivity index (χ1n) is 6.08. The highest BCUT2D eigenvalue weighted by Gasteiger charge is 2.21. The van der Waals surface area contributed by atoms with Crippen molar-refractivity contribution >= 4 is 48.8 Å². The third-order valence-corrected chi connectivity index (χ3v) is 5.24. The Kier molecular flexibility index (Phi) is 5.38. The second kappa shape index (κ2) is 6.71. The minimum atomic E-state index is -4.00. The minimum Gasteiger partial charge on any atom is -0.381 e. The molecule has 1 aromatic rings. The van der Waals surface area contributed by atoms with Crippen LogP contribution in [0.2, 0.25) is 10.0 Å². The maximum Gasteiger partial charge on any atom is 0.261 e. The lowest BCUT2D eigenvalue weighted by Crippen LogP contribution is -2.29. The number of nitrogens with one attached hydrogen (secondary N) is 1. The zero-order valence-electron chi connectivity index (χ0n) is 10.7. The van der Waals surface area contributed by atoms with Gasteiger partial charge in [0.1, 0.15) is 0 Å². The summed E-state index contributed by atoms with van der Waals surface area (Å²) in [7, 11) is 1.26. The van der Waals surface area contributed by atoms with Crippen molar-refractivity contribution < 1.29 is 17.9 Å². The van der Waals surface area contributed by atoms with Crippen molar-refractivity contribution in [3.63, 3.8) is 0 Å². The third-order valence-electron chi connectivity index (χ3n) is 3.10. The Morgan fingerprint density at radius 2 is 2.10 bits per heavy atom. The smallest absolute Gasteiger partial charge is 0.261 e. The van der Waals surface area contributed by atoms with Crippen LogP contribution in [-0.4, -0.2) is 34.1 Å². The van der Waals surface area contributed by atoms with Crippen molar-refractivity contribution in [1.82, 2.24) is 5.32 Å². The first kappa shape index (κ1) is 16.8. The second-order valence-electron chi connectivity index (χ2n) is 4.64. The molecule has 0 aliphatic carbocycles. The van der Waals surface area contributed by atoms with E-state index >= 15 is 0 Å². The van der Waals surface area contributed by atoms with Crippen molar-refractivity contribution in [2.24, 2.45) is 5.92 Å². The molecule has 1 aliphatic rings. The van der Waals surface area contributed by atoms with Crippen LogP contribution in [0, 0.1) is 5.92 Å². The van der Waals surface area contributed by atoms with Crippen molar-refractivity contribution in [2.75, 3.05) is 19.8 Å². The fourth-order valence-electron chi connectivity index (χ4n) is 1.95. The molecular weight excluding hydrogens is 361 g/mol. The summed E-state index contributed by atoms with van der Waals surface area (Å²) in [6.45, 7) is 1.68. The maximum absolute atomic E-state index is 12.1. The number of halogens is 3. The topological polar surface area (TPSA) is 72.5 Å². The number of benzene rings is 1. The molecule has 0 bridgehead atoms. The van der Waals surface area contributed by atoms with Gasteiger partial charge in [0.25, 0.3) is 15.0 Å². The van der Waals surface area contributed by atoms with Crippen LogP contribution < -0.4 is 5.32 Å². The van der Waals surface area contributed by atoms with E-state index in [-0.39, 0.29) is 26.4 Å². The van der Waals surface area contributed by atoms with E-state index in [1.165, 1.54) is 0 Å². The van der Waals surface area contributed by atoms with Crippen molar-refractivity contribution in [1.29, 1.82) is 0 Å². The summed E-state index contributed by atoms with van der Waals surface area (Å²) >= 11 is 11.8. The fraction of sp³-hybridized carbons (Fsp3) is 0.417. The van der Waals surface area contributed by atoms with Crippen LogP contribution in [0.5, 0.6) is 0 Å². The largest absolute Gasteiger partial charge is 0.381 e. The van der Waals surface area contributed by atoms with Gasteiger partial charge in [0.05, 0.1) is 27.1 Å². The third kappa shape index (κ3) is 4.23. The summed E-state index contributed by atoms with van der Waals surface area (Å²) in [5, 5.41) is 2.63. The Balaban J connectivity index is 2.21. The highest BCUT2D eigenvalue weighted by atomic mass is 35.7. The van der Waals surface area contributed by atoms with Crippen LogP contribution in [0.15, 0.2) is 17.0 Å². The van der Waals surface area contributed by atoms with E-state index in [9.17, 15) is 13.2 Å². The fourth-order valence-corrected chi connectivity index (χ4v) is 3.21. The normalized spacial score (nSPS) is 18.7. The quantitative estimate of drug-likeness (QED) is 0.825. The maximum atomic E-state index is 12.1. The zero-order chi connectivity index (χ0) is 15.6. The highest BCUT2D eigenvalue weighted by Crippen LogP contribution is 2.30. The summed E-state index contributed by atoms with van der Waals surface area (Å²) in [5.74, 6) is -0.265. The van der Waals surface area contributed by atoms with E-state index in [1.807, 2.05) is 0 Å². The van der Waals surface area contributed by atoms with Gasteiger partial charge in [0.2, 0.25) is 0 Å². The summed E-state index contributed by atoms with van der Waals surface area (Å²) in [4.78, 5) is 11.9. The molecule has 1 aliphatic heterocycles. The SMILES string of the molecule is O=C(NCC1CCOC1)c1cc(S(=O)(=O)Cl)cc(Cl)c1Cl. The van der Waals surface area contributed by atoms with Gasteiger partial charge in [-0.2, -0.15) is 0 Å². The number of rotatable bonds is 4. The Labute approximate surface area is 136 Å². The van der Waals surface area contributed by atoms with E-state index < -0.39 is 15.0 Å². The number of carbonyl (C=O) groups is 1. The average molecular weight is 373 g/mol. The number of carbonyl (C=O) groups excluding carboxylic acids is 1. The molecule has 2 rings (SSSR count). The molecule has 0 radical (unpaired) electrons. The summed E-state index contributed by atoms with van der Waals surface area (Å²) in [6, 6.07) is 2.21. The molecule has 0 aromatic heterocycles. The molecule has 5 nitrogen and oxygen atoms in total. The van der Waals surface area contributed by atoms with Gasteiger partial charge in [-0.15, -0.1) is 0 Å². The molecule has 1 heterocycles. The summed E-state index contributed by atoms with van der Waals surface area (Å²) in [6.07, 6.45) is 0.866. The van der Waals surface area contributed by atoms with Crippen LogP contribution in [-0.2, 0) is 13.8 Å². The Morgan fingerprint density at radius 3 is 2.67 bits per heavy atom. The highest BCUT2D eigenvalue weighted by molar-refractivity contribution is 8.13. The van der Waals surface area contributed by atoms with Gasteiger partial charge in [0.15, 0.2) is 0 Å². The van der Waals surface area contributed by atoms with Gasteiger partial charge in [-0.1, -0.05) is 23.2 Å². The van der Waals surface area contributed by atoms with Crippen LogP contribution in [0.4, 0.5) is 0 Å². The average Bonchev–Trinajstić information content (AvgIpc) is 2.91. The summed E-state index contributed by atoms with van der Waals surface area (Å²) < 4.78 is 27.9. The van der Waals surface area contributed by atoms with E-state index in [2.05, 4.69) is 5.32 Å². The Morgan fingerprint density at radius 1 is 1.38 bits per heavy atom. The lowest BCUT2D eigenvalue weighted by atomic mass is 10.1. The van der Waals surface area contributed by atoms with Gasteiger partial charge in [-0.3, -0.25) is 4.79 Å². The van der Waals surface area contributed by atoms with Gasteiger partial charge < -0.3 is 10.1 Å². The lowest BCUT2D eigenvalue weighted by Gasteiger charge is -2.11. The molecule has 1 unspecified atom stereocenters. The van der Waals surface area contributed by atoms with Crippen LogP contribution in [0.25, 0.3) is 0 Å². The number of amides is 1. The van der Waals surface area contributed by atoms with Crippen molar-refractivity contribution in [3.8, 4) is 0 Å². The number of hydrogen-bond acceptors (Lipinski definition) is 4. The molecule has 9 heteroatoms. The standard InChI is InChI=1S/C12H12Cl3NO4S/c13-10-4-8(21(15,18)19)3-9(11(10)14)12(17)16-5-7-1-2-20-6-7/h3-4,7H,1-2,5-6H2,(H,16,17). The van der Waals surface area contributed by atoms with Gasteiger partial charge in [-0.05, 0) is 18.6 Å². The van der Waals surface area contributed by atoms with Gasteiger partial charge in [0, 0.05) is 29.8 Å². The molecular formula is C12H12Cl3NO4S. The van der Waals surface area contributed by atoms with E-state index in [0.717, 1.165) is 18.6 Å². The molecule has 116 valence electrons. The van der Waals surface area contributed by atoms with E-state index in [1.54, 1.807) is 0 Å². The predicted octanol–water partition coefficient (Wildman–Crippen LogP) is 2.69. The van der Waals surface area contributed by atoms with Gasteiger partial charge in [-0.25, -0.2) is 8.42 Å². The predicted molar refractivity (Wildman–Crippen MR) is 80.8 cm³/mol. The van der Waals surface area contributed by atoms with E-state index in [0.29, 0.717) is 19.8 Å². The lowest BCUT2D eigenvalue weighted by molar-refractivity contribution is 0.0945. The molecule has 0 spiro atoms. The molecule has 1 N–H and O–H groups in total. The van der Waals surface area contributed by atoms with Crippen LogP contribution >= 0.6 is 33.9 Å². The minimum absolute atomic E-state index is 0.0131. The number of hydrogen-bond donors (Lipinski definition) is 1.